The number of nitrogens with zero attached hydrogens (tertiary/aromatic N) is 1. The van der Waals surface area contributed by atoms with Crippen molar-refractivity contribution in [1.29, 1.82) is 0 Å². The number of rotatable bonds is 2. The molecule has 19 heavy (non-hydrogen) atoms. The number of carbonyl (C=O) groups excluding carboxylic acids is 1. The van der Waals surface area contributed by atoms with Crippen molar-refractivity contribution in [3.63, 3.8) is 0 Å². The molecule has 0 radical (unpaired) electrons. The lowest BCUT2D eigenvalue weighted by molar-refractivity contribution is 0.0993. The molecule has 0 atom stereocenters. The summed E-state index contributed by atoms with van der Waals surface area (Å²) < 4.78 is 0. The minimum Gasteiger partial charge on any atom is -0.399 e. The molecule has 3 nitrogen and oxygen atoms in total. The molecule has 0 aliphatic heterocycles. The zero-order valence-corrected chi connectivity index (χ0v) is 11.5. The second-order valence-corrected chi connectivity index (χ2v) is 4.78. The number of aryl methyl sites for hydroxylation is 2. The quantitative estimate of drug-likeness (QED) is 0.837. The number of hydrogen-bond acceptors (Lipinski definition) is 2. The topological polar surface area (TPSA) is 46.3 Å². The van der Waals surface area contributed by atoms with E-state index in [4.69, 9.17) is 5.73 Å². The monoisotopic (exact) mass is 254 g/mol. The molecule has 3 heteroatoms. The molecule has 0 bridgehead atoms. The molecular weight excluding hydrogens is 236 g/mol. The number of nitrogen functional groups attached to an aromatic ring is 1. The highest BCUT2D eigenvalue weighted by Gasteiger charge is 2.15. The van der Waals surface area contributed by atoms with Gasteiger partial charge in [0.15, 0.2) is 0 Å². The van der Waals surface area contributed by atoms with E-state index in [1.807, 2.05) is 50.2 Å². The molecule has 2 N–H and O–H groups in total. The Morgan fingerprint density at radius 2 is 1.79 bits per heavy atom. The van der Waals surface area contributed by atoms with Gasteiger partial charge in [0.05, 0.1) is 0 Å². The highest BCUT2D eigenvalue weighted by atomic mass is 16.2. The first-order valence-corrected chi connectivity index (χ1v) is 6.20. The van der Waals surface area contributed by atoms with Gasteiger partial charge in [-0.3, -0.25) is 4.79 Å². The SMILES string of the molecule is Cc1cc(N)cc(C(=O)N(C)c2ccccc2C)c1. The van der Waals surface area contributed by atoms with Crippen molar-refractivity contribution in [3.8, 4) is 0 Å². The molecule has 2 aromatic carbocycles. The van der Waals surface area contributed by atoms with Gasteiger partial charge in [-0.1, -0.05) is 18.2 Å². The molecule has 0 fully saturated rings. The van der Waals surface area contributed by atoms with Gasteiger partial charge in [0, 0.05) is 24.0 Å². The van der Waals surface area contributed by atoms with Gasteiger partial charge in [-0.2, -0.15) is 0 Å². The summed E-state index contributed by atoms with van der Waals surface area (Å²) >= 11 is 0. The van der Waals surface area contributed by atoms with Gasteiger partial charge in [0.25, 0.3) is 5.91 Å². The van der Waals surface area contributed by atoms with Crippen LogP contribution in [0.1, 0.15) is 21.5 Å². The third-order valence-electron chi connectivity index (χ3n) is 3.13. The molecule has 0 aromatic heterocycles. The molecule has 2 rings (SSSR count). The lowest BCUT2D eigenvalue weighted by atomic mass is 10.1. The Balaban J connectivity index is 2.36. The van der Waals surface area contributed by atoms with E-state index in [2.05, 4.69) is 0 Å². The number of benzene rings is 2. The van der Waals surface area contributed by atoms with E-state index in [0.29, 0.717) is 11.3 Å². The molecule has 0 aliphatic rings. The summed E-state index contributed by atoms with van der Waals surface area (Å²) in [6, 6.07) is 13.2. The van der Waals surface area contributed by atoms with Crippen LogP contribution in [0, 0.1) is 13.8 Å². The van der Waals surface area contributed by atoms with Crippen molar-refractivity contribution in [1.82, 2.24) is 0 Å². The molecule has 0 aliphatic carbocycles. The third-order valence-corrected chi connectivity index (χ3v) is 3.13. The molecule has 98 valence electrons. The van der Waals surface area contributed by atoms with Crippen LogP contribution in [0.5, 0.6) is 0 Å². The van der Waals surface area contributed by atoms with Gasteiger partial charge in [-0.05, 0) is 49.2 Å². The second kappa shape index (κ2) is 5.14. The van der Waals surface area contributed by atoms with Gasteiger partial charge in [0.1, 0.15) is 0 Å². The van der Waals surface area contributed by atoms with E-state index in [1.54, 1.807) is 18.0 Å². The van der Waals surface area contributed by atoms with Crippen LogP contribution in [0.3, 0.4) is 0 Å². The van der Waals surface area contributed by atoms with Gasteiger partial charge in [-0.25, -0.2) is 0 Å². The number of amides is 1. The molecule has 0 saturated carbocycles. The molecule has 0 saturated heterocycles. The molecular formula is C16H18N2O. The summed E-state index contributed by atoms with van der Waals surface area (Å²) in [5.74, 6) is -0.0512. The fourth-order valence-corrected chi connectivity index (χ4v) is 2.18. The van der Waals surface area contributed by atoms with E-state index in [1.165, 1.54) is 0 Å². The van der Waals surface area contributed by atoms with Crippen LogP contribution in [0.2, 0.25) is 0 Å². The summed E-state index contributed by atoms with van der Waals surface area (Å²) in [5.41, 5.74) is 9.99. The van der Waals surface area contributed by atoms with Gasteiger partial charge in [0.2, 0.25) is 0 Å². The van der Waals surface area contributed by atoms with Crippen molar-refractivity contribution in [3.05, 3.63) is 59.2 Å². The van der Waals surface area contributed by atoms with E-state index < -0.39 is 0 Å². The summed E-state index contributed by atoms with van der Waals surface area (Å²) in [7, 11) is 1.78. The predicted molar refractivity (Wildman–Crippen MR) is 79.5 cm³/mol. The van der Waals surface area contributed by atoms with Crippen molar-refractivity contribution >= 4 is 17.3 Å². The first kappa shape index (κ1) is 13.1. The Bertz CT molecular complexity index is 600. The van der Waals surface area contributed by atoms with Crippen LogP contribution in [0.25, 0.3) is 0 Å². The normalized spacial score (nSPS) is 10.3. The number of hydrogen-bond donors (Lipinski definition) is 1. The van der Waals surface area contributed by atoms with Crippen LogP contribution < -0.4 is 10.6 Å². The maximum atomic E-state index is 12.5. The first-order valence-electron chi connectivity index (χ1n) is 6.20. The molecule has 0 spiro atoms. The maximum absolute atomic E-state index is 12.5. The smallest absolute Gasteiger partial charge is 0.258 e. The van der Waals surface area contributed by atoms with E-state index in [9.17, 15) is 4.79 Å². The number of anilines is 2. The number of nitrogens with two attached hydrogens (primary N) is 1. The van der Waals surface area contributed by atoms with Crippen LogP contribution in [0.15, 0.2) is 42.5 Å². The average Bonchev–Trinajstić information content (AvgIpc) is 2.36. The maximum Gasteiger partial charge on any atom is 0.258 e. The Hall–Kier alpha value is -2.29. The van der Waals surface area contributed by atoms with Crippen molar-refractivity contribution in [2.75, 3.05) is 17.7 Å². The Labute approximate surface area is 113 Å². The third kappa shape index (κ3) is 2.76. The van der Waals surface area contributed by atoms with Crippen LogP contribution in [0.4, 0.5) is 11.4 Å². The summed E-state index contributed by atoms with van der Waals surface area (Å²) in [6.07, 6.45) is 0. The lowest BCUT2D eigenvalue weighted by Crippen LogP contribution is -2.27. The Morgan fingerprint density at radius 1 is 1.11 bits per heavy atom. The Kier molecular flexibility index (Phi) is 3.56. The molecule has 2 aromatic rings. The predicted octanol–water partition coefficient (Wildman–Crippen LogP) is 3.16. The Morgan fingerprint density at radius 3 is 2.42 bits per heavy atom. The van der Waals surface area contributed by atoms with Crippen LogP contribution in [-0.2, 0) is 0 Å². The fourth-order valence-electron chi connectivity index (χ4n) is 2.18. The van der Waals surface area contributed by atoms with Crippen molar-refractivity contribution in [2.45, 2.75) is 13.8 Å². The molecule has 0 unspecified atom stereocenters. The highest BCUT2D eigenvalue weighted by molar-refractivity contribution is 6.06. The molecule has 1 amide bonds. The van der Waals surface area contributed by atoms with Gasteiger partial charge < -0.3 is 10.6 Å². The van der Waals surface area contributed by atoms with Crippen molar-refractivity contribution in [2.24, 2.45) is 0 Å². The molecule has 0 heterocycles. The summed E-state index contributed by atoms with van der Waals surface area (Å²) in [6.45, 7) is 3.92. The minimum atomic E-state index is -0.0512. The lowest BCUT2D eigenvalue weighted by Gasteiger charge is -2.20. The van der Waals surface area contributed by atoms with E-state index in [0.717, 1.165) is 16.8 Å². The number of para-hydroxylation sites is 1. The zero-order valence-electron chi connectivity index (χ0n) is 11.5. The second-order valence-electron chi connectivity index (χ2n) is 4.78. The van der Waals surface area contributed by atoms with Gasteiger partial charge in [-0.15, -0.1) is 0 Å². The fraction of sp³-hybridized carbons (Fsp3) is 0.188. The average molecular weight is 254 g/mol. The van der Waals surface area contributed by atoms with E-state index in [-0.39, 0.29) is 5.91 Å². The standard InChI is InChI=1S/C16H18N2O/c1-11-8-13(10-14(17)9-11)16(19)18(3)15-7-5-4-6-12(15)2/h4-10H,17H2,1-3H3. The zero-order chi connectivity index (χ0) is 14.0. The summed E-state index contributed by atoms with van der Waals surface area (Å²) in [5, 5.41) is 0. The van der Waals surface area contributed by atoms with Crippen molar-refractivity contribution < 1.29 is 4.79 Å². The van der Waals surface area contributed by atoms with Gasteiger partial charge >= 0.3 is 0 Å². The highest BCUT2D eigenvalue weighted by Crippen LogP contribution is 2.21. The van der Waals surface area contributed by atoms with Crippen LogP contribution in [-0.4, -0.2) is 13.0 Å². The summed E-state index contributed by atoms with van der Waals surface area (Å²) in [4.78, 5) is 14.1. The number of carbonyl (C=O) groups is 1. The van der Waals surface area contributed by atoms with Crippen LogP contribution >= 0.6 is 0 Å². The van der Waals surface area contributed by atoms with E-state index >= 15 is 0 Å². The largest absolute Gasteiger partial charge is 0.399 e. The first-order chi connectivity index (χ1) is 8.99. The minimum absolute atomic E-state index is 0.0512.